The average molecular weight is 574 g/mol. The number of fused-ring (bicyclic) bond motifs is 1. The van der Waals surface area contributed by atoms with Gasteiger partial charge in [0.15, 0.2) is 17.3 Å². The van der Waals surface area contributed by atoms with Crippen molar-refractivity contribution >= 4 is 11.8 Å². The number of cyclic esters (lactones) is 1. The summed E-state index contributed by atoms with van der Waals surface area (Å²) in [7, 11) is 4.66. The van der Waals surface area contributed by atoms with Crippen LogP contribution in [-0.2, 0) is 30.7 Å². The van der Waals surface area contributed by atoms with E-state index in [0.29, 0.717) is 46.9 Å². The molecule has 0 amide bonds. The summed E-state index contributed by atoms with van der Waals surface area (Å²) in [5.74, 6) is 1.22. The van der Waals surface area contributed by atoms with Crippen molar-refractivity contribution in [1.82, 2.24) is 15.0 Å². The summed E-state index contributed by atoms with van der Waals surface area (Å²) in [6, 6.07) is 15.8. The van der Waals surface area contributed by atoms with Crippen molar-refractivity contribution in [2.45, 2.75) is 38.5 Å². The standard InChI is InChI=1S/C31H31N3O8/c1-38-23-8-4-19(5-9-23)6-10-24-12-21-13-25(15-26(35)30(21)31(37)42-24)41-18-22-16-34(33-32-22)17-27(36)20-7-11-28(39-2)29(14-20)40-3/h4-5,7-9,11,13-16,24,35H,6,10,12,17-18H2,1-3H3. The van der Waals surface area contributed by atoms with Gasteiger partial charge in [-0.25, -0.2) is 9.48 Å². The molecule has 42 heavy (non-hydrogen) atoms. The number of hydrogen-bond donors (Lipinski definition) is 1. The van der Waals surface area contributed by atoms with Crippen molar-refractivity contribution in [2.75, 3.05) is 21.3 Å². The number of nitrogens with zero attached hydrogens (tertiary/aromatic N) is 3. The first-order chi connectivity index (χ1) is 20.4. The number of Topliss-reactive ketones (excluding diaryl/α,β-unsaturated/α-hetero) is 1. The van der Waals surface area contributed by atoms with Crippen LogP contribution in [-0.4, -0.2) is 59.3 Å². The third-order valence-corrected chi connectivity index (χ3v) is 7.00. The van der Waals surface area contributed by atoms with Gasteiger partial charge in [-0.05, 0) is 60.4 Å². The number of phenolic OH excluding ortho intramolecular Hbond substituents is 1. The third kappa shape index (κ3) is 6.46. The van der Waals surface area contributed by atoms with Gasteiger partial charge in [-0.3, -0.25) is 4.79 Å². The van der Waals surface area contributed by atoms with Crippen LogP contribution in [0.3, 0.4) is 0 Å². The fourth-order valence-electron chi connectivity index (χ4n) is 4.80. The second kappa shape index (κ2) is 12.6. The highest BCUT2D eigenvalue weighted by molar-refractivity contribution is 5.96. The molecule has 0 fully saturated rings. The van der Waals surface area contributed by atoms with Crippen LogP contribution in [0.15, 0.2) is 60.8 Å². The van der Waals surface area contributed by atoms with E-state index in [4.69, 9.17) is 23.7 Å². The molecule has 0 aliphatic carbocycles. The summed E-state index contributed by atoms with van der Waals surface area (Å²) in [5.41, 5.74) is 2.86. The molecule has 1 unspecified atom stereocenters. The van der Waals surface area contributed by atoms with Crippen LogP contribution < -0.4 is 18.9 Å². The molecule has 1 aliphatic heterocycles. The maximum absolute atomic E-state index is 12.8. The minimum absolute atomic E-state index is 0.0257. The minimum atomic E-state index is -0.554. The van der Waals surface area contributed by atoms with Gasteiger partial charge in [0.05, 0.1) is 27.5 Å². The lowest BCUT2D eigenvalue weighted by Crippen LogP contribution is -2.28. The summed E-state index contributed by atoms with van der Waals surface area (Å²) in [6.45, 7) is 0.0241. The first-order valence-electron chi connectivity index (χ1n) is 13.3. The Bertz CT molecular complexity index is 1580. The molecule has 5 rings (SSSR count). The Hall–Kier alpha value is -5.06. The first kappa shape index (κ1) is 28.5. The van der Waals surface area contributed by atoms with E-state index in [1.807, 2.05) is 24.3 Å². The van der Waals surface area contributed by atoms with E-state index in [2.05, 4.69) is 10.3 Å². The zero-order valence-corrected chi connectivity index (χ0v) is 23.5. The van der Waals surface area contributed by atoms with Crippen molar-refractivity contribution in [3.63, 3.8) is 0 Å². The molecule has 0 radical (unpaired) electrons. The molecule has 11 nitrogen and oxygen atoms in total. The molecule has 3 aromatic carbocycles. The molecule has 4 aromatic rings. The number of esters is 1. The Labute approximate surface area is 242 Å². The molecular weight excluding hydrogens is 542 g/mol. The molecule has 0 saturated carbocycles. The summed E-state index contributed by atoms with van der Waals surface area (Å²) in [6.07, 6.45) is 3.10. The lowest BCUT2D eigenvalue weighted by molar-refractivity contribution is 0.0234. The van der Waals surface area contributed by atoms with E-state index in [1.165, 1.54) is 25.0 Å². The molecule has 11 heteroatoms. The summed E-state index contributed by atoms with van der Waals surface area (Å²) in [4.78, 5) is 25.4. The average Bonchev–Trinajstić information content (AvgIpc) is 3.45. The second-order valence-corrected chi connectivity index (χ2v) is 9.78. The van der Waals surface area contributed by atoms with E-state index >= 15 is 0 Å². The minimum Gasteiger partial charge on any atom is -0.507 e. The lowest BCUT2D eigenvalue weighted by atomic mass is 9.94. The van der Waals surface area contributed by atoms with Gasteiger partial charge in [0.25, 0.3) is 0 Å². The van der Waals surface area contributed by atoms with Gasteiger partial charge in [0.1, 0.15) is 47.8 Å². The predicted octanol–water partition coefficient (Wildman–Crippen LogP) is 4.19. The van der Waals surface area contributed by atoms with Crippen molar-refractivity contribution in [1.29, 1.82) is 0 Å². The van der Waals surface area contributed by atoms with Gasteiger partial charge in [0.2, 0.25) is 0 Å². The number of carbonyl (C=O) groups is 2. The second-order valence-electron chi connectivity index (χ2n) is 9.78. The Morgan fingerprint density at radius 2 is 1.79 bits per heavy atom. The maximum atomic E-state index is 12.8. The van der Waals surface area contributed by atoms with Crippen LogP contribution >= 0.6 is 0 Å². The zero-order chi connectivity index (χ0) is 29.6. The van der Waals surface area contributed by atoms with Crippen LogP contribution in [0.2, 0.25) is 0 Å². The number of carbonyl (C=O) groups excluding carboxylic acids is 2. The van der Waals surface area contributed by atoms with Crippen LogP contribution in [0.4, 0.5) is 0 Å². The van der Waals surface area contributed by atoms with E-state index in [9.17, 15) is 14.7 Å². The first-order valence-corrected chi connectivity index (χ1v) is 13.3. The molecule has 1 aliphatic rings. The Morgan fingerprint density at radius 3 is 2.52 bits per heavy atom. The Morgan fingerprint density at radius 1 is 1.00 bits per heavy atom. The topological polar surface area (TPSA) is 131 Å². The number of rotatable bonds is 12. The number of phenols is 1. The van der Waals surface area contributed by atoms with Crippen LogP contribution in [0.5, 0.6) is 28.7 Å². The van der Waals surface area contributed by atoms with Crippen LogP contribution in [0.1, 0.15) is 44.0 Å². The van der Waals surface area contributed by atoms with Gasteiger partial charge in [0, 0.05) is 18.1 Å². The monoisotopic (exact) mass is 573 g/mol. The molecule has 0 saturated heterocycles. The fraction of sp³-hybridized carbons (Fsp3) is 0.290. The van der Waals surface area contributed by atoms with Gasteiger partial charge >= 0.3 is 5.97 Å². The normalized spacial score (nSPS) is 14.1. The smallest absolute Gasteiger partial charge is 0.342 e. The van der Waals surface area contributed by atoms with Gasteiger partial charge < -0.3 is 28.8 Å². The van der Waals surface area contributed by atoms with E-state index in [0.717, 1.165) is 17.7 Å². The summed E-state index contributed by atoms with van der Waals surface area (Å²) < 4.78 is 28.6. The SMILES string of the molecule is COc1ccc(CCC2Cc3cc(OCc4cn(CC(=O)c5ccc(OC)c(OC)c5)nn4)cc(O)c3C(=O)O2)cc1. The number of aromatic nitrogens is 3. The number of aryl methyl sites for hydroxylation is 1. The molecule has 218 valence electrons. The van der Waals surface area contributed by atoms with Crippen LogP contribution in [0, 0.1) is 0 Å². The Balaban J connectivity index is 1.19. The number of ketones is 1. The molecular formula is C31H31N3O8. The molecule has 1 atom stereocenters. The Kier molecular flexibility index (Phi) is 8.56. The molecule has 0 bridgehead atoms. The number of aromatic hydroxyl groups is 1. The molecule has 2 heterocycles. The third-order valence-electron chi connectivity index (χ3n) is 7.00. The van der Waals surface area contributed by atoms with Crippen molar-refractivity contribution in [3.8, 4) is 28.7 Å². The fourth-order valence-corrected chi connectivity index (χ4v) is 4.80. The highest BCUT2D eigenvalue weighted by Crippen LogP contribution is 2.34. The zero-order valence-electron chi connectivity index (χ0n) is 23.5. The summed E-state index contributed by atoms with van der Waals surface area (Å²) in [5, 5.41) is 18.7. The number of hydrogen-bond acceptors (Lipinski definition) is 10. The van der Waals surface area contributed by atoms with E-state index in [1.54, 1.807) is 37.6 Å². The van der Waals surface area contributed by atoms with Gasteiger partial charge in [-0.2, -0.15) is 0 Å². The van der Waals surface area contributed by atoms with E-state index < -0.39 is 5.97 Å². The lowest BCUT2D eigenvalue weighted by Gasteiger charge is -2.25. The van der Waals surface area contributed by atoms with Gasteiger partial charge in [-0.1, -0.05) is 17.3 Å². The molecule has 1 aromatic heterocycles. The van der Waals surface area contributed by atoms with Crippen LogP contribution in [0.25, 0.3) is 0 Å². The highest BCUT2D eigenvalue weighted by Gasteiger charge is 2.30. The number of methoxy groups -OCH3 is 3. The highest BCUT2D eigenvalue weighted by atomic mass is 16.5. The predicted molar refractivity (Wildman–Crippen MR) is 151 cm³/mol. The van der Waals surface area contributed by atoms with E-state index in [-0.39, 0.29) is 36.4 Å². The number of ether oxygens (including phenoxy) is 5. The molecule has 1 N–H and O–H groups in total. The maximum Gasteiger partial charge on any atom is 0.342 e. The number of benzene rings is 3. The van der Waals surface area contributed by atoms with Crippen molar-refractivity contribution < 1.29 is 38.4 Å². The molecule has 0 spiro atoms. The summed E-state index contributed by atoms with van der Waals surface area (Å²) >= 11 is 0. The van der Waals surface area contributed by atoms with Crippen molar-refractivity contribution in [2.24, 2.45) is 0 Å². The largest absolute Gasteiger partial charge is 0.507 e. The quantitative estimate of drug-likeness (QED) is 0.194. The van der Waals surface area contributed by atoms with Crippen molar-refractivity contribution in [3.05, 3.63) is 88.7 Å². The van der Waals surface area contributed by atoms with Gasteiger partial charge in [-0.15, -0.1) is 5.10 Å².